The molecule has 18 heavy (non-hydrogen) atoms. The molecule has 1 rings (SSSR count). The van der Waals surface area contributed by atoms with E-state index in [1.54, 1.807) is 7.11 Å². The number of ether oxygens (including phenoxy) is 2. The SMILES string of the molecule is CCC(COC)(Nc1ccccc1OC)C(N)=O. The van der Waals surface area contributed by atoms with Crippen LogP contribution in [0.25, 0.3) is 0 Å². The molecule has 1 unspecified atom stereocenters. The normalized spacial score (nSPS) is 13.7. The molecule has 0 aliphatic carbocycles. The Morgan fingerprint density at radius 1 is 1.39 bits per heavy atom. The van der Waals surface area contributed by atoms with Gasteiger partial charge in [-0.15, -0.1) is 0 Å². The van der Waals surface area contributed by atoms with Gasteiger partial charge in [0.2, 0.25) is 5.91 Å². The fourth-order valence-corrected chi connectivity index (χ4v) is 1.79. The number of benzene rings is 1. The van der Waals surface area contributed by atoms with Gasteiger partial charge in [-0.3, -0.25) is 4.79 Å². The van der Waals surface area contributed by atoms with Gasteiger partial charge in [0, 0.05) is 7.11 Å². The summed E-state index contributed by atoms with van der Waals surface area (Å²) in [5.41, 5.74) is 5.28. The molecule has 1 aromatic rings. The monoisotopic (exact) mass is 252 g/mol. The summed E-state index contributed by atoms with van der Waals surface area (Å²) in [4.78, 5) is 11.7. The van der Waals surface area contributed by atoms with Crippen LogP contribution in [0.2, 0.25) is 0 Å². The number of hydrogen-bond acceptors (Lipinski definition) is 4. The molecule has 100 valence electrons. The summed E-state index contributed by atoms with van der Waals surface area (Å²) < 4.78 is 10.3. The van der Waals surface area contributed by atoms with E-state index >= 15 is 0 Å². The van der Waals surface area contributed by atoms with E-state index in [4.69, 9.17) is 15.2 Å². The van der Waals surface area contributed by atoms with Crippen LogP contribution in [0.4, 0.5) is 5.69 Å². The van der Waals surface area contributed by atoms with Gasteiger partial charge in [0.25, 0.3) is 0 Å². The Kier molecular flexibility index (Phi) is 4.97. The number of hydrogen-bond donors (Lipinski definition) is 2. The lowest BCUT2D eigenvalue weighted by molar-refractivity contribution is -0.124. The summed E-state index contributed by atoms with van der Waals surface area (Å²) in [6.07, 6.45) is 0.522. The topological polar surface area (TPSA) is 73.6 Å². The summed E-state index contributed by atoms with van der Waals surface area (Å²) in [5.74, 6) is 0.213. The number of anilines is 1. The van der Waals surface area contributed by atoms with Gasteiger partial charge in [0.05, 0.1) is 19.4 Å². The molecule has 1 aromatic carbocycles. The lowest BCUT2D eigenvalue weighted by Gasteiger charge is -2.31. The first-order chi connectivity index (χ1) is 8.59. The minimum absolute atomic E-state index is 0.205. The van der Waals surface area contributed by atoms with Crippen molar-refractivity contribution in [3.05, 3.63) is 24.3 Å². The van der Waals surface area contributed by atoms with Crippen LogP contribution in [-0.4, -0.2) is 32.3 Å². The van der Waals surface area contributed by atoms with Crippen molar-refractivity contribution in [3.8, 4) is 5.75 Å². The second-order valence-corrected chi connectivity index (χ2v) is 4.06. The fraction of sp³-hybridized carbons (Fsp3) is 0.462. The van der Waals surface area contributed by atoms with Crippen molar-refractivity contribution in [2.75, 3.05) is 26.1 Å². The summed E-state index contributed by atoms with van der Waals surface area (Å²) in [6.45, 7) is 2.09. The first-order valence-corrected chi connectivity index (χ1v) is 5.79. The van der Waals surface area contributed by atoms with E-state index in [2.05, 4.69) is 5.32 Å². The fourth-order valence-electron chi connectivity index (χ4n) is 1.79. The Balaban J connectivity index is 3.06. The molecule has 5 heteroatoms. The molecule has 3 N–H and O–H groups in total. The Morgan fingerprint density at radius 3 is 2.56 bits per heavy atom. The lowest BCUT2D eigenvalue weighted by Crippen LogP contribution is -2.53. The molecule has 0 radical (unpaired) electrons. The molecule has 0 heterocycles. The number of carbonyl (C=O) groups is 1. The number of primary amides is 1. The van der Waals surface area contributed by atoms with Crippen molar-refractivity contribution >= 4 is 11.6 Å². The Morgan fingerprint density at radius 2 is 2.06 bits per heavy atom. The van der Waals surface area contributed by atoms with Crippen LogP contribution in [0.1, 0.15) is 13.3 Å². The average molecular weight is 252 g/mol. The number of nitrogens with two attached hydrogens (primary N) is 1. The zero-order valence-corrected chi connectivity index (χ0v) is 11.0. The Labute approximate surface area is 107 Å². The molecule has 0 aliphatic rings. The molecule has 1 amide bonds. The zero-order chi connectivity index (χ0) is 13.6. The predicted molar refractivity (Wildman–Crippen MR) is 70.7 cm³/mol. The van der Waals surface area contributed by atoms with Crippen LogP contribution in [0.15, 0.2) is 24.3 Å². The maximum atomic E-state index is 11.7. The molecular weight excluding hydrogens is 232 g/mol. The predicted octanol–water partition coefficient (Wildman–Crippen LogP) is 1.39. The van der Waals surface area contributed by atoms with Crippen LogP contribution in [0, 0.1) is 0 Å². The second-order valence-electron chi connectivity index (χ2n) is 4.06. The number of para-hydroxylation sites is 2. The largest absolute Gasteiger partial charge is 0.495 e. The third-order valence-corrected chi connectivity index (χ3v) is 2.95. The van der Waals surface area contributed by atoms with E-state index in [0.29, 0.717) is 12.2 Å². The highest BCUT2D eigenvalue weighted by molar-refractivity contribution is 5.88. The van der Waals surface area contributed by atoms with Crippen LogP contribution in [0.5, 0.6) is 5.75 Å². The van der Waals surface area contributed by atoms with Gasteiger partial charge in [-0.25, -0.2) is 0 Å². The summed E-state index contributed by atoms with van der Waals surface area (Å²) in [7, 11) is 3.12. The van der Waals surface area contributed by atoms with Crippen molar-refractivity contribution in [1.29, 1.82) is 0 Å². The standard InChI is InChI=1S/C13H20N2O3/c1-4-13(9-17-2,12(14)16)15-10-7-5-6-8-11(10)18-3/h5-8,15H,4,9H2,1-3H3,(H2,14,16). The highest BCUT2D eigenvalue weighted by atomic mass is 16.5. The van der Waals surface area contributed by atoms with Crippen molar-refractivity contribution in [3.63, 3.8) is 0 Å². The van der Waals surface area contributed by atoms with Gasteiger partial charge in [-0.1, -0.05) is 19.1 Å². The van der Waals surface area contributed by atoms with Crippen LogP contribution < -0.4 is 15.8 Å². The van der Waals surface area contributed by atoms with Crippen molar-refractivity contribution in [2.45, 2.75) is 18.9 Å². The molecule has 0 spiro atoms. The van der Waals surface area contributed by atoms with Gasteiger partial charge < -0.3 is 20.5 Å². The molecule has 0 saturated heterocycles. The lowest BCUT2D eigenvalue weighted by atomic mass is 9.95. The Hall–Kier alpha value is -1.75. The quantitative estimate of drug-likeness (QED) is 0.769. The first kappa shape index (κ1) is 14.3. The highest BCUT2D eigenvalue weighted by Gasteiger charge is 2.35. The molecule has 5 nitrogen and oxygen atoms in total. The maximum absolute atomic E-state index is 11.7. The van der Waals surface area contributed by atoms with Gasteiger partial charge in [0.15, 0.2) is 0 Å². The minimum atomic E-state index is -0.927. The molecular formula is C13H20N2O3. The average Bonchev–Trinajstić information content (AvgIpc) is 2.38. The van der Waals surface area contributed by atoms with E-state index < -0.39 is 11.4 Å². The van der Waals surface area contributed by atoms with E-state index in [0.717, 1.165) is 5.69 Å². The van der Waals surface area contributed by atoms with Crippen LogP contribution in [-0.2, 0) is 9.53 Å². The van der Waals surface area contributed by atoms with E-state index in [1.165, 1.54) is 7.11 Å². The molecule has 1 atom stereocenters. The third kappa shape index (κ3) is 2.92. The maximum Gasteiger partial charge on any atom is 0.245 e. The van der Waals surface area contributed by atoms with Crippen LogP contribution in [0.3, 0.4) is 0 Å². The summed E-state index contributed by atoms with van der Waals surface area (Å²) >= 11 is 0. The van der Waals surface area contributed by atoms with Crippen molar-refractivity contribution in [2.24, 2.45) is 5.73 Å². The first-order valence-electron chi connectivity index (χ1n) is 5.79. The molecule has 0 aliphatic heterocycles. The minimum Gasteiger partial charge on any atom is -0.495 e. The molecule has 0 saturated carbocycles. The van der Waals surface area contributed by atoms with E-state index in [9.17, 15) is 4.79 Å². The number of nitrogens with one attached hydrogen (secondary N) is 1. The Bertz CT molecular complexity index is 409. The second kappa shape index (κ2) is 6.26. The summed E-state index contributed by atoms with van der Waals surface area (Å²) in [5, 5.41) is 3.14. The van der Waals surface area contributed by atoms with Crippen LogP contribution >= 0.6 is 0 Å². The van der Waals surface area contributed by atoms with Crippen molar-refractivity contribution < 1.29 is 14.3 Å². The van der Waals surface area contributed by atoms with Gasteiger partial charge in [-0.05, 0) is 18.6 Å². The third-order valence-electron chi connectivity index (χ3n) is 2.95. The number of amides is 1. The number of rotatable bonds is 7. The molecule has 0 bridgehead atoms. The molecule has 0 aromatic heterocycles. The van der Waals surface area contributed by atoms with Gasteiger partial charge in [-0.2, -0.15) is 0 Å². The van der Waals surface area contributed by atoms with Gasteiger partial charge in [0.1, 0.15) is 11.3 Å². The summed E-state index contributed by atoms with van der Waals surface area (Å²) in [6, 6.07) is 7.37. The van der Waals surface area contributed by atoms with Gasteiger partial charge >= 0.3 is 0 Å². The number of carbonyl (C=O) groups excluding carboxylic acids is 1. The number of methoxy groups -OCH3 is 2. The van der Waals surface area contributed by atoms with Crippen molar-refractivity contribution in [1.82, 2.24) is 0 Å². The smallest absolute Gasteiger partial charge is 0.245 e. The van der Waals surface area contributed by atoms with E-state index in [1.807, 2.05) is 31.2 Å². The molecule has 0 fully saturated rings. The highest BCUT2D eigenvalue weighted by Crippen LogP contribution is 2.28. The zero-order valence-electron chi connectivity index (χ0n) is 11.0. The van der Waals surface area contributed by atoms with E-state index in [-0.39, 0.29) is 6.61 Å².